The second-order valence-electron chi connectivity index (χ2n) is 8.66. The van der Waals surface area contributed by atoms with Crippen LogP contribution in [0.25, 0.3) is 0 Å². The van der Waals surface area contributed by atoms with Gasteiger partial charge in [0.05, 0.1) is 12.5 Å². The van der Waals surface area contributed by atoms with Gasteiger partial charge in [0.2, 0.25) is 5.91 Å². The van der Waals surface area contributed by atoms with Crippen LogP contribution < -0.4 is 15.5 Å². The molecule has 0 fully saturated rings. The molecule has 0 radical (unpaired) electrons. The van der Waals surface area contributed by atoms with Crippen LogP contribution in [0.4, 0.5) is 21.9 Å². The first kappa shape index (κ1) is 24.9. The molecular weight excluding hydrogens is 458 g/mol. The van der Waals surface area contributed by atoms with Crippen molar-refractivity contribution in [1.29, 1.82) is 0 Å². The first-order valence-electron chi connectivity index (χ1n) is 11.8. The number of benzene rings is 3. The second-order valence-corrected chi connectivity index (χ2v) is 8.66. The fourth-order valence-electron chi connectivity index (χ4n) is 4.29. The van der Waals surface area contributed by atoms with Gasteiger partial charge in [0.1, 0.15) is 0 Å². The summed E-state index contributed by atoms with van der Waals surface area (Å²) in [6.07, 6.45) is 1.11. The third-order valence-electron chi connectivity index (χ3n) is 6.17. The Balaban J connectivity index is 1.28. The Morgan fingerprint density at radius 1 is 0.944 bits per heavy atom. The normalized spacial score (nSPS) is 13.1. The molecule has 0 spiro atoms. The summed E-state index contributed by atoms with van der Waals surface area (Å²) in [6.45, 7) is 0.652. The Hall–Kier alpha value is -4.17. The molecule has 3 N–H and O–H groups in total. The van der Waals surface area contributed by atoms with E-state index in [2.05, 4.69) is 10.6 Å². The maximum absolute atomic E-state index is 12.7. The number of ether oxygens (including phenoxy) is 1. The third-order valence-corrected chi connectivity index (χ3v) is 6.17. The number of carbonyl (C=O) groups excluding carboxylic acids is 2. The summed E-state index contributed by atoms with van der Waals surface area (Å²) in [5.74, 6) is -1.03. The Morgan fingerprint density at radius 3 is 2.31 bits per heavy atom. The Morgan fingerprint density at radius 2 is 1.61 bits per heavy atom. The number of hydrogen-bond acceptors (Lipinski definition) is 4. The van der Waals surface area contributed by atoms with Gasteiger partial charge in [0, 0.05) is 37.1 Å². The molecule has 0 saturated heterocycles. The Labute approximate surface area is 209 Å². The largest absolute Gasteiger partial charge is 0.481 e. The monoisotopic (exact) mass is 487 g/mol. The average molecular weight is 488 g/mol. The van der Waals surface area contributed by atoms with Crippen molar-refractivity contribution in [3.05, 3.63) is 89.5 Å². The Kier molecular flexibility index (Phi) is 7.97. The van der Waals surface area contributed by atoms with E-state index < -0.39 is 5.97 Å². The fraction of sp³-hybridized carbons (Fsp3) is 0.250. The van der Waals surface area contributed by atoms with Crippen LogP contribution in [0, 0.1) is 0 Å². The average Bonchev–Trinajstić information content (AvgIpc) is 3.31. The summed E-state index contributed by atoms with van der Waals surface area (Å²) in [5, 5.41) is 14.7. The first-order valence-corrected chi connectivity index (χ1v) is 11.8. The van der Waals surface area contributed by atoms with E-state index in [1.54, 1.807) is 36.3 Å². The molecule has 0 aromatic heterocycles. The summed E-state index contributed by atoms with van der Waals surface area (Å²) >= 11 is 0. The van der Waals surface area contributed by atoms with Crippen molar-refractivity contribution in [2.24, 2.45) is 0 Å². The standard InChI is InChI=1S/C28H29N3O5/c1-36-25(14-15-27(33)34)21-8-12-22(13-9-21)29-26(32)18-19-6-10-23(11-7-19)30-28(35)31-17-16-20-4-2-3-5-24(20)31/h2-13,25H,14-18H2,1H3,(H,29,32)(H,30,35)(H,33,34). The second kappa shape index (κ2) is 11.5. The van der Waals surface area contributed by atoms with Crippen LogP contribution in [-0.4, -0.2) is 36.7 Å². The summed E-state index contributed by atoms with van der Waals surface area (Å²) < 4.78 is 5.39. The predicted molar refractivity (Wildman–Crippen MR) is 138 cm³/mol. The Bertz CT molecular complexity index is 1220. The number of carbonyl (C=O) groups is 3. The van der Waals surface area contributed by atoms with Crippen LogP contribution in [0.1, 0.15) is 35.6 Å². The number of urea groups is 1. The van der Waals surface area contributed by atoms with Crippen molar-refractivity contribution >= 4 is 35.0 Å². The minimum Gasteiger partial charge on any atom is -0.481 e. The van der Waals surface area contributed by atoms with E-state index in [0.29, 0.717) is 24.3 Å². The number of hydrogen-bond donors (Lipinski definition) is 3. The maximum atomic E-state index is 12.7. The molecule has 1 unspecified atom stereocenters. The molecule has 1 heterocycles. The van der Waals surface area contributed by atoms with Crippen LogP contribution in [0.3, 0.4) is 0 Å². The number of rotatable bonds is 9. The highest BCUT2D eigenvalue weighted by molar-refractivity contribution is 6.03. The molecule has 186 valence electrons. The van der Waals surface area contributed by atoms with Crippen molar-refractivity contribution in [3.63, 3.8) is 0 Å². The quantitative estimate of drug-likeness (QED) is 0.393. The van der Waals surface area contributed by atoms with Crippen molar-refractivity contribution in [1.82, 2.24) is 0 Å². The zero-order valence-electron chi connectivity index (χ0n) is 20.1. The van der Waals surface area contributed by atoms with Gasteiger partial charge in [0.25, 0.3) is 0 Å². The van der Waals surface area contributed by atoms with E-state index in [-0.39, 0.29) is 30.9 Å². The highest BCUT2D eigenvalue weighted by Gasteiger charge is 2.24. The number of nitrogens with zero attached hydrogens (tertiary/aromatic N) is 1. The molecule has 36 heavy (non-hydrogen) atoms. The van der Waals surface area contributed by atoms with Crippen LogP contribution in [0.5, 0.6) is 0 Å². The van der Waals surface area contributed by atoms with Crippen LogP contribution in [-0.2, 0) is 27.2 Å². The van der Waals surface area contributed by atoms with E-state index in [9.17, 15) is 14.4 Å². The zero-order valence-corrected chi connectivity index (χ0v) is 20.1. The van der Waals surface area contributed by atoms with E-state index >= 15 is 0 Å². The highest BCUT2D eigenvalue weighted by atomic mass is 16.5. The van der Waals surface area contributed by atoms with Gasteiger partial charge in [-0.05, 0) is 59.9 Å². The van der Waals surface area contributed by atoms with E-state index in [0.717, 1.165) is 23.2 Å². The molecule has 4 rings (SSSR count). The topological polar surface area (TPSA) is 108 Å². The molecule has 3 amide bonds. The predicted octanol–water partition coefficient (Wildman–Crippen LogP) is 5.01. The fourth-order valence-corrected chi connectivity index (χ4v) is 4.29. The summed E-state index contributed by atoms with van der Waals surface area (Å²) in [7, 11) is 1.55. The van der Waals surface area contributed by atoms with Gasteiger partial charge in [-0.25, -0.2) is 4.79 Å². The smallest absolute Gasteiger partial charge is 0.326 e. The van der Waals surface area contributed by atoms with Crippen molar-refractivity contribution in [3.8, 4) is 0 Å². The van der Waals surface area contributed by atoms with Gasteiger partial charge in [0.15, 0.2) is 0 Å². The number of fused-ring (bicyclic) bond motifs is 1. The number of para-hydroxylation sites is 1. The van der Waals surface area contributed by atoms with Gasteiger partial charge in [-0.1, -0.05) is 42.5 Å². The number of anilines is 3. The molecule has 1 aliphatic rings. The number of nitrogens with one attached hydrogen (secondary N) is 2. The molecule has 0 aliphatic carbocycles. The summed E-state index contributed by atoms with van der Waals surface area (Å²) in [6, 6.07) is 22.1. The summed E-state index contributed by atoms with van der Waals surface area (Å²) in [5.41, 5.74) is 5.09. The van der Waals surface area contributed by atoms with E-state index in [1.165, 1.54) is 5.56 Å². The first-order chi connectivity index (χ1) is 17.4. The number of amides is 3. The molecule has 0 bridgehead atoms. The lowest BCUT2D eigenvalue weighted by Crippen LogP contribution is -2.33. The molecule has 3 aromatic rings. The minimum absolute atomic E-state index is 0.0195. The number of aliphatic carboxylic acids is 1. The zero-order chi connectivity index (χ0) is 25.5. The lowest BCUT2D eigenvalue weighted by atomic mass is 10.0. The van der Waals surface area contributed by atoms with Gasteiger partial charge >= 0.3 is 12.0 Å². The molecule has 0 saturated carbocycles. The molecule has 3 aromatic carbocycles. The number of carboxylic acid groups (broad SMARTS) is 1. The van der Waals surface area contributed by atoms with Gasteiger partial charge in [-0.15, -0.1) is 0 Å². The minimum atomic E-state index is -0.867. The lowest BCUT2D eigenvalue weighted by Gasteiger charge is -2.18. The molecule has 1 aliphatic heterocycles. The van der Waals surface area contributed by atoms with E-state index in [4.69, 9.17) is 9.84 Å². The van der Waals surface area contributed by atoms with Crippen molar-refractivity contribution < 1.29 is 24.2 Å². The lowest BCUT2D eigenvalue weighted by molar-refractivity contribution is -0.137. The van der Waals surface area contributed by atoms with Gasteiger partial charge < -0.3 is 20.5 Å². The molecule has 8 nitrogen and oxygen atoms in total. The third kappa shape index (κ3) is 6.28. The van der Waals surface area contributed by atoms with Gasteiger partial charge in [-0.3, -0.25) is 14.5 Å². The number of methoxy groups -OCH3 is 1. The van der Waals surface area contributed by atoms with E-state index in [1.807, 2.05) is 48.5 Å². The van der Waals surface area contributed by atoms with Crippen LogP contribution in [0.2, 0.25) is 0 Å². The maximum Gasteiger partial charge on any atom is 0.326 e. The molecule has 1 atom stereocenters. The SMILES string of the molecule is COC(CCC(=O)O)c1ccc(NC(=O)Cc2ccc(NC(=O)N3CCc4ccccc43)cc2)cc1. The number of carboxylic acids is 1. The van der Waals surface area contributed by atoms with Crippen LogP contribution >= 0.6 is 0 Å². The van der Waals surface area contributed by atoms with Gasteiger partial charge in [-0.2, -0.15) is 0 Å². The molecule has 8 heteroatoms. The van der Waals surface area contributed by atoms with Crippen molar-refractivity contribution in [2.75, 3.05) is 29.2 Å². The van der Waals surface area contributed by atoms with Crippen LogP contribution in [0.15, 0.2) is 72.8 Å². The highest BCUT2D eigenvalue weighted by Crippen LogP contribution is 2.28. The van der Waals surface area contributed by atoms with Crippen molar-refractivity contribution in [2.45, 2.75) is 31.8 Å². The molecular formula is C28H29N3O5. The summed E-state index contributed by atoms with van der Waals surface area (Å²) in [4.78, 5) is 37.8.